The second-order valence-corrected chi connectivity index (χ2v) is 8.49. The van der Waals surface area contributed by atoms with Crippen LogP contribution in [0.25, 0.3) is 10.9 Å². The van der Waals surface area contributed by atoms with Crippen LogP contribution in [0.1, 0.15) is 27.0 Å². The smallest absolute Gasteiger partial charge is 0.255 e. The van der Waals surface area contributed by atoms with E-state index in [0.29, 0.717) is 63.1 Å². The molecule has 0 saturated heterocycles. The maximum absolute atomic E-state index is 13.3. The van der Waals surface area contributed by atoms with E-state index >= 15 is 0 Å². The fourth-order valence-electron chi connectivity index (χ4n) is 3.96. The number of halogens is 1. The normalized spacial score (nSPS) is 11.7. The van der Waals surface area contributed by atoms with E-state index in [1.807, 2.05) is 24.3 Å². The quantitative estimate of drug-likeness (QED) is 0.366. The molecule has 0 atom stereocenters. The number of nitrogens with zero attached hydrogens (tertiary/aromatic N) is 2. The van der Waals surface area contributed by atoms with Crippen molar-refractivity contribution >= 4 is 34.1 Å². The Morgan fingerprint density at radius 2 is 1.89 bits per heavy atom. The zero-order chi connectivity index (χ0) is 25.1. The van der Waals surface area contributed by atoms with Crippen LogP contribution < -0.4 is 24.8 Å². The van der Waals surface area contributed by atoms with Gasteiger partial charge in [-0.3, -0.25) is 9.78 Å². The average Bonchev–Trinajstić information content (AvgIpc) is 3.38. The predicted molar refractivity (Wildman–Crippen MR) is 136 cm³/mol. The minimum Gasteiger partial charge on any atom is -0.495 e. The molecule has 0 aliphatic carbocycles. The first-order valence-corrected chi connectivity index (χ1v) is 11.5. The van der Waals surface area contributed by atoms with Crippen molar-refractivity contribution in [3.8, 4) is 23.3 Å². The molecular formula is C27H21ClN4O4. The number of carbonyl (C=O) groups excluding carboxylic acids is 1. The summed E-state index contributed by atoms with van der Waals surface area (Å²) in [4.78, 5) is 17.7. The number of hydrogen-bond acceptors (Lipinski definition) is 7. The number of hydrogen-bond donors (Lipinski definition) is 2. The van der Waals surface area contributed by atoms with E-state index in [1.165, 1.54) is 6.20 Å². The summed E-state index contributed by atoms with van der Waals surface area (Å²) in [5.41, 5.74) is 3.84. The second kappa shape index (κ2) is 10.0. The van der Waals surface area contributed by atoms with Crippen molar-refractivity contribution in [2.24, 2.45) is 0 Å². The third-order valence-electron chi connectivity index (χ3n) is 5.82. The monoisotopic (exact) mass is 500 g/mol. The largest absolute Gasteiger partial charge is 0.495 e. The number of pyridine rings is 1. The second-order valence-electron chi connectivity index (χ2n) is 8.08. The van der Waals surface area contributed by atoms with Gasteiger partial charge >= 0.3 is 0 Å². The van der Waals surface area contributed by atoms with Crippen molar-refractivity contribution in [2.45, 2.75) is 13.1 Å². The topological polar surface area (TPSA) is 106 Å². The first-order chi connectivity index (χ1) is 17.6. The molecule has 180 valence electrons. The van der Waals surface area contributed by atoms with Gasteiger partial charge in [0.2, 0.25) is 6.79 Å². The van der Waals surface area contributed by atoms with Gasteiger partial charge in [-0.05, 0) is 53.6 Å². The number of nitriles is 1. The summed E-state index contributed by atoms with van der Waals surface area (Å²) < 4.78 is 16.0. The summed E-state index contributed by atoms with van der Waals surface area (Å²) in [7, 11) is 1.56. The fraction of sp³-hybridized carbons (Fsp3) is 0.148. The lowest BCUT2D eigenvalue weighted by Gasteiger charge is -2.16. The van der Waals surface area contributed by atoms with Gasteiger partial charge < -0.3 is 24.8 Å². The molecular weight excluding hydrogens is 480 g/mol. The average molecular weight is 501 g/mol. The first kappa shape index (κ1) is 23.3. The SMILES string of the molecule is COc1ccc(CNc2c(C(=O)NCc3ccc4c(c3)OCO4)cnc3ccc(C#N)cc23)cc1Cl. The van der Waals surface area contributed by atoms with E-state index in [0.717, 1.165) is 11.1 Å². The van der Waals surface area contributed by atoms with Crippen LogP contribution in [0.3, 0.4) is 0 Å². The first-order valence-electron chi connectivity index (χ1n) is 11.1. The van der Waals surface area contributed by atoms with Crippen LogP contribution in [0.5, 0.6) is 17.2 Å². The molecule has 0 saturated carbocycles. The van der Waals surface area contributed by atoms with Crippen LogP contribution in [0, 0.1) is 11.3 Å². The maximum Gasteiger partial charge on any atom is 0.255 e. The Morgan fingerprint density at radius 3 is 2.69 bits per heavy atom. The van der Waals surface area contributed by atoms with E-state index in [4.69, 9.17) is 25.8 Å². The molecule has 2 N–H and O–H groups in total. The van der Waals surface area contributed by atoms with Crippen molar-refractivity contribution in [1.29, 1.82) is 5.26 Å². The minimum absolute atomic E-state index is 0.188. The highest BCUT2D eigenvalue weighted by molar-refractivity contribution is 6.32. The number of rotatable bonds is 7. The number of carbonyl (C=O) groups is 1. The maximum atomic E-state index is 13.3. The lowest BCUT2D eigenvalue weighted by atomic mass is 10.1. The molecule has 8 nitrogen and oxygen atoms in total. The van der Waals surface area contributed by atoms with Crippen LogP contribution in [-0.2, 0) is 13.1 Å². The molecule has 1 amide bonds. The summed E-state index contributed by atoms with van der Waals surface area (Å²) in [5, 5.41) is 16.9. The summed E-state index contributed by atoms with van der Waals surface area (Å²) >= 11 is 6.28. The molecule has 9 heteroatoms. The van der Waals surface area contributed by atoms with Gasteiger partial charge in [-0.25, -0.2) is 0 Å². The summed E-state index contributed by atoms with van der Waals surface area (Å²) in [6.07, 6.45) is 1.53. The van der Waals surface area contributed by atoms with E-state index in [2.05, 4.69) is 21.7 Å². The molecule has 0 bridgehead atoms. The van der Waals surface area contributed by atoms with Crippen molar-refractivity contribution < 1.29 is 19.0 Å². The Balaban J connectivity index is 1.43. The molecule has 1 aliphatic rings. The standard InChI is InChI=1S/C27H21ClN4O4/c1-34-23-6-3-17(9-21(23)28)12-31-26-19-8-16(11-29)2-5-22(19)30-14-20(26)27(33)32-13-18-4-7-24-25(10-18)36-15-35-24/h2-10,14H,12-13,15H2,1H3,(H,30,31)(H,32,33). The van der Waals surface area contributed by atoms with E-state index in [-0.39, 0.29) is 12.7 Å². The zero-order valence-corrected chi connectivity index (χ0v) is 20.1. The van der Waals surface area contributed by atoms with Crippen LogP contribution >= 0.6 is 11.6 Å². The zero-order valence-electron chi connectivity index (χ0n) is 19.3. The van der Waals surface area contributed by atoms with Crippen LogP contribution in [0.2, 0.25) is 5.02 Å². The number of methoxy groups -OCH3 is 1. The molecule has 36 heavy (non-hydrogen) atoms. The number of fused-ring (bicyclic) bond motifs is 2. The van der Waals surface area contributed by atoms with Gasteiger partial charge in [0.05, 0.1) is 40.5 Å². The third-order valence-corrected chi connectivity index (χ3v) is 6.11. The summed E-state index contributed by atoms with van der Waals surface area (Å²) in [5.74, 6) is 1.61. The fourth-order valence-corrected chi connectivity index (χ4v) is 4.24. The number of amides is 1. The molecule has 0 radical (unpaired) electrons. The predicted octanol–water partition coefficient (Wildman–Crippen LogP) is 5.04. The number of benzene rings is 3. The molecule has 0 fully saturated rings. The number of anilines is 1. The Morgan fingerprint density at radius 1 is 1.08 bits per heavy atom. The highest BCUT2D eigenvalue weighted by Crippen LogP contribution is 2.33. The number of nitrogens with one attached hydrogen (secondary N) is 2. The minimum atomic E-state index is -0.306. The molecule has 5 rings (SSSR count). The molecule has 0 unspecified atom stereocenters. The summed E-state index contributed by atoms with van der Waals surface area (Å²) in [6.45, 7) is 0.869. The summed E-state index contributed by atoms with van der Waals surface area (Å²) in [6, 6.07) is 18.3. The molecule has 0 spiro atoms. The van der Waals surface area contributed by atoms with Crippen molar-refractivity contribution in [1.82, 2.24) is 10.3 Å². The Kier molecular flexibility index (Phi) is 6.48. The van der Waals surface area contributed by atoms with Crippen molar-refractivity contribution in [2.75, 3.05) is 19.2 Å². The number of aromatic nitrogens is 1. The van der Waals surface area contributed by atoms with Gasteiger partial charge in [0.1, 0.15) is 5.75 Å². The van der Waals surface area contributed by atoms with E-state index < -0.39 is 0 Å². The lowest BCUT2D eigenvalue weighted by Crippen LogP contribution is -2.24. The molecule has 4 aromatic rings. The van der Waals surface area contributed by atoms with Crippen molar-refractivity contribution in [3.63, 3.8) is 0 Å². The Labute approximate surface area is 212 Å². The Bertz CT molecular complexity index is 1520. The van der Waals surface area contributed by atoms with E-state index in [9.17, 15) is 10.1 Å². The van der Waals surface area contributed by atoms with Crippen LogP contribution in [0.4, 0.5) is 5.69 Å². The molecule has 3 aromatic carbocycles. The molecule has 1 aromatic heterocycles. The van der Waals surface area contributed by atoms with Crippen molar-refractivity contribution in [3.05, 3.63) is 88.1 Å². The van der Waals surface area contributed by atoms with Gasteiger partial charge in [0.15, 0.2) is 11.5 Å². The third kappa shape index (κ3) is 4.69. The van der Waals surface area contributed by atoms with Gasteiger partial charge in [0, 0.05) is 24.7 Å². The number of ether oxygens (including phenoxy) is 3. The highest BCUT2D eigenvalue weighted by atomic mass is 35.5. The lowest BCUT2D eigenvalue weighted by molar-refractivity contribution is 0.0951. The van der Waals surface area contributed by atoms with Gasteiger partial charge in [0.25, 0.3) is 5.91 Å². The molecule has 1 aliphatic heterocycles. The highest BCUT2D eigenvalue weighted by Gasteiger charge is 2.18. The Hall–Kier alpha value is -4.48. The van der Waals surface area contributed by atoms with Gasteiger partial charge in [-0.15, -0.1) is 0 Å². The molecule has 2 heterocycles. The van der Waals surface area contributed by atoms with Gasteiger partial charge in [-0.2, -0.15) is 5.26 Å². The van der Waals surface area contributed by atoms with E-state index in [1.54, 1.807) is 37.4 Å². The van der Waals surface area contributed by atoms with Crippen LogP contribution in [-0.4, -0.2) is 24.8 Å². The van der Waals surface area contributed by atoms with Crippen LogP contribution in [0.15, 0.2) is 60.8 Å². The van der Waals surface area contributed by atoms with Gasteiger partial charge in [-0.1, -0.05) is 23.7 Å².